The van der Waals surface area contributed by atoms with Gasteiger partial charge in [0.2, 0.25) is 10.7 Å². The molecule has 138 valence electrons. The maximum Gasteiger partial charge on any atom is 0.294 e. The van der Waals surface area contributed by atoms with Gasteiger partial charge in [0.1, 0.15) is 16.9 Å². The summed E-state index contributed by atoms with van der Waals surface area (Å²) in [6.45, 7) is 0. The third-order valence-electron chi connectivity index (χ3n) is 4.13. The van der Waals surface area contributed by atoms with E-state index < -0.39 is 0 Å². The van der Waals surface area contributed by atoms with Gasteiger partial charge in [-0.15, -0.1) is 5.10 Å². The van der Waals surface area contributed by atoms with Crippen LogP contribution in [0.15, 0.2) is 62.9 Å². The number of nitrogens with zero attached hydrogens (tertiary/aromatic N) is 5. The van der Waals surface area contributed by atoms with Gasteiger partial charge in [0.15, 0.2) is 0 Å². The van der Waals surface area contributed by atoms with Crippen molar-refractivity contribution in [3.05, 3.63) is 69.7 Å². The fourth-order valence-electron chi connectivity index (χ4n) is 2.86. The van der Waals surface area contributed by atoms with Crippen molar-refractivity contribution in [2.24, 2.45) is 0 Å². The van der Waals surface area contributed by atoms with Gasteiger partial charge in [-0.3, -0.25) is 4.79 Å². The van der Waals surface area contributed by atoms with Gasteiger partial charge in [-0.05, 0) is 46.8 Å². The number of aromatic nitrogens is 6. The number of aromatic amines is 1. The van der Waals surface area contributed by atoms with Crippen LogP contribution in [0.4, 0.5) is 0 Å². The summed E-state index contributed by atoms with van der Waals surface area (Å²) in [5.74, 6) is 0.901. The molecule has 0 spiro atoms. The summed E-state index contributed by atoms with van der Waals surface area (Å²) in [5.41, 5.74) is 1.88. The number of hydrogen-bond donors (Lipinski definition) is 1. The zero-order valence-corrected chi connectivity index (χ0v) is 15.7. The van der Waals surface area contributed by atoms with Gasteiger partial charge < -0.3 is 9.40 Å². The Kier molecular flexibility index (Phi) is 4.10. The summed E-state index contributed by atoms with van der Waals surface area (Å²) in [6, 6.07) is 14.6. The molecule has 0 saturated carbocycles. The average Bonchev–Trinajstić information content (AvgIpc) is 3.32. The van der Waals surface area contributed by atoms with Crippen molar-refractivity contribution in [3.63, 3.8) is 0 Å². The molecule has 0 atom stereocenters. The molecule has 28 heavy (non-hydrogen) atoms. The van der Waals surface area contributed by atoms with E-state index in [1.54, 1.807) is 16.8 Å². The van der Waals surface area contributed by atoms with E-state index in [1.807, 2.05) is 36.4 Å². The Labute approximate surface area is 166 Å². The van der Waals surface area contributed by atoms with Crippen LogP contribution < -0.4 is 5.56 Å². The van der Waals surface area contributed by atoms with Crippen LogP contribution in [0, 0.1) is 0 Å². The number of hydrogen-bond acceptors (Lipinski definition) is 7. The Morgan fingerprint density at radius 2 is 1.96 bits per heavy atom. The summed E-state index contributed by atoms with van der Waals surface area (Å²) >= 11 is 7.29. The Morgan fingerprint density at radius 3 is 2.82 bits per heavy atom. The lowest BCUT2D eigenvalue weighted by molar-refractivity contribution is 0.660. The molecule has 5 rings (SSSR count). The molecule has 0 amide bonds. The van der Waals surface area contributed by atoms with Crippen LogP contribution in [-0.4, -0.2) is 30.2 Å². The Morgan fingerprint density at radius 1 is 1.14 bits per heavy atom. The second-order valence-corrected chi connectivity index (χ2v) is 7.31. The molecule has 8 nitrogen and oxygen atoms in total. The lowest BCUT2D eigenvalue weighted by Gasteiger charge is -2.04. The number of H-pyrrole nitrogens is 1. The SMILES string of the molecule is O=c1[nH]c(CSc2nnnn2-c2ccc(Cl)cc2)nc2c1oc1ccccc12. The number of benzene rings is 2. The van der Waals surface area contributed by atoms with E-state index in [-0.39, 0.29) is 11.1 Å². The Balaban J connectivity index is 1.47. The molecule has 0 aliphatic rings. The number of halogens is 1. The van der Waals surface area contributed by atoms with Crippen LogP contribution in [-0.2, 0) is 5.75 Å². The van der Waals surface area contributed by atoms with Crippen LogP contribution in [0.25, 0.3) is 27.8 Å². The van der Waals surface area contributed by atoms with Crippen LogP contribution in [0.5, 0.6) is 0 Å². The Hall–Kier alpha value is -3.17. The lowest BCUT2D eigenvalue weighted by atomic mass is 10.2. The molecule has 10 heteroatoms. The molecule has 0 bridgehead atoms. The first kappa shape index (κ1) is 17.0. The highest BCUT2D eigenvalue weighted by Gasteiger charge is 2.15. The molecule has 3 aromatic heterocycles. The second-order valence-electron chi connectivity index (χ2n) is 5.93. The molecule has 0 fully saturated rings. The fraction of sp³-hybridized carbons (Fsp3) is 0.0556. The summed E-state index contributed by atoms with van der Waals surface area (Å²) < 4.78 is 7.22. The first-order chi connectivity index (χ1) is 13.7. The predicted molar refractivity (Wildman–Crippen MR) is 106 cm³/mol. The zero-order valence-electron chi connectivity index (χ0n) is 14.2. The van der Waals surface area contributed by atoms with Crippen molar-refractivity contribution >= 4 is 45.4 Å². The standard InChI is InChI=1S/C18H11ClN6O2S/c19-10-5-7-11(8-6-10)25-18(22-23-24-25)28-9-14-20-15-12-3-1-2-4-13(12)27-16(15)17(26)21-14/h1-8H,9H2,(H,20,21,26). The smallest absolute Gasteiger partial charge is 0.294 e. The van der Waals surface area contributed by atoms with E-state index in [9.17, 15) is 4.79 Å². The number of tetrazole rings is 1. The molecule has 1 N–H and O–H groups in total. The topological polar surface area (TPSA) is 102 Å². The van der Waals surface area contributed by atoms with Crippen LogP contribution in [0.1, 0.15) is 5.82 Å². The first-order valence-corrected chi connectivity index (χ1v) is 9.63. The molecular formula is C18H11ClN6O2S. The Bertz CT molecular complexity index is 1360. The molecule has 5 aromatic rings. The maximum absolute atomic E-state index is 12.4. The van der Waals surface area contributed by atoms with E-state index in [2.05, 4.69) is 25.5 Å². The number of para-hydroxylation sites is 1. The maximum atomic E-state index is 12.4. The third kappa shape index (κ3) is 2.94. The third-order valence-corrected chi connectivity index (χ3v) is 5.31. The monoisotopic (exact) mass is 410 g/mol. The van der Waals surface area contributed by atoms with E-state index >= 15 is 0 Å². The average molecular weight is 411 g/mol. The second kappa shape index (κ2) is 6.77. The number of furan rings is 1. The lowest BCUT2D eigenvalue weighted by Crippen LogP contribution is -2.10. The van der Waals surface area contributed by atoms with Gasteiger partial charge in [-0.25, -0.2) is 4.98 Å². The van der Waals surface area contributed by atoms with Gasteiger partial charge in [0.25, 0.3) is 5.56 Å². The van der Waals surface area contributed by atoms with E-state index in [0.29, 0.717) is 32.9 Å². The normalized spacial score (nSPS) is 11.5. The number of nitrogens with one attached hydrogen (secondary N) is 1. The largest absolute Gasteiger partial charge is 0.449 e. The first-order valence-electron chi connectivity index (χ1n) is 8.26. The molecule has 0 radical (unpaired) electrons. The summed E-state index contributed by atoms with van der Waals surface area (Å²) in [4.78, 5) is 19.7. The van der Waals surface area contributed by atoms with Crippen LogP contribution in [0.2, 0.25) is 5.02 Å². The van der Waals surface area contributed by atoms with Crippen molar-refractivity contribution in [1.82, 2.24) is 30.2 Å². The van der Waals surface area contributed by atoms with E-state index in [0.717, 1.165) is 11.1 Å². The fourth-order valence-corrected chi connectivity index (χ4v) is 3.75. The zero-order chi connectivity index (χ0) is 19.1. The van der Waals surface area contributed by atoms with Crippen molar-refractivity contribution in [2.45, 2.75) is 10.9 Å². The molecule has 0 saturated heterocycles. The van der Waals surface area contributed by atoms with Gasteiger partial charge in [-0.2, -0.15) is 4.68 Å². The summed E-state index contributed by atoms with van der Waals surface area (Å²) in [5, 5.41) is 13.8. The van der Waals surface area contributed by atoms with Gasteiger partial charge in [0.05, 0.1) is 11.4 Å². The molecule has 0 aliphatic carbocycles. The molecule has 2 aromatic carbocycles. The van der Waals surface area contributed by atoms with Crippen LogP contribution in [0.3, 0.4) is 0 Å². The summed E-state index contributed by atoms with van der Waals surface area (Å²) in [6.07, 6.45) is 0. The highest BCUT2D eigenvalue weighted by atomic mass is 35.5. The molecular weight excluding hydrogens is 400 g/mol. The van der Waals surface area contributed by atoms with Crippen molar-refractivity contribution in [3.8, 4) is 5.69 Å². The van der Waals surface area contributed by atoms with Gasteiger partial charge >= 0.3 is 0 Å². The van der Waals surface area contributed by atoms with Crippen LogP contribution >= 0.6 is 23.4 Å². The van der Waals surface area contributed by atoms with E-state index in [1.165, 1.54) is 11.8 Å². The van der Waals surface area contributed by atoms with Crippen molar-refractivity contribution in [1.29, 1.82) is 0 Å². The summed E-state index contributed by atoms with van der Waals surface area (Å²) in [7, 11) is 0. The molecule has 3 heterocycles. The minimum Gasteiger partial charge on any atom is -0.449 e. The highest BCUT2D eigenvalue weighted by molar-refractivity contribution is 7.98. The van der Waals surface area contributed by atoms with E-state index in [4.69, 9.17) is 16.0 Å². The molecule has 0 unspecified atom stereocenters. The number of fused-ring (bicyclic) bond motifs is 3. The van der Waals surface area contributed by atoms with Gasteiger partial charge in [0, 0.05) is 10.4 Å². The predicted octanol–water partition coefficient (Wildman–Crippen LogP) is 3.59. The number of rotatable bonds is 4. The highest BCUT2D eigenvalue weighted by Crippen LogP contribution is 2.26. The van der Waals surface area contributed by atoms with Crippen molar-refractivity contribution in [2.75, 3.05) is 0 Å². The quantitative estimate of drug-likeness (QED) is 0.451. The molecule has 0 aliphatic heterocycles. The van der Waals surface area contributed by atoms with Gasteiger partial charge in [-0.1, -0.05) is 35.5 Å². The minimum absolute atomic E-state index is 0.223. The van der Waals surface area contributed by atoms with Crippen molar-refractivity contribution < 1.29 is 4.42 Å². The minimum atomic E-state index is -0.311. The number of thioether (sulfide) groups is 1.